The topological polar surface area (TPSA) is 74.8 Å². The largest absolute Gasteiger partial charge is 0.381 e. The highest BCUT2D eigenvalue weighted by Gasteiger charge is 2.13. The lowest BCUT2D eigenvalue weighted by Gasteiger charge is -2.21. The van der Waals surface area contributed by atoms with Crippen LogP contribution < -0.4 is 16.0 Å². The summed E-state index contributed by atoms with van der Waals surface area (Å²) in [6, 6.07) is 10.3. The lowest BCUT2D eigenvalue weighted by molar-refractivity contribution is -0.121. The van der Waals surface area contributed by atoms with Gasteiger partial charge in [0, 0.05) is 25.7 Å². The fraction of sp³-hybridized carbons (Fsp3) is 0.579. The van der Waals surface area contributed by atoms with Crippen molar-refractivity contribution < 1.29 is 9.53 Å². The third-order valence-electron chi connectivity index (χ3n) is 3.29. The van der Waals surface area contributed by atoms with Crippen molar-refractivity contribution in [1.29, 1.82) is 0 Å². The van der Waals surface area contributed by atoms with Gasteiger partial charge >= 0.3 is 0 Å². The van der Waals surface area contributed by atoms with Crippen molar-refractivity contribution >= 4 is 35.8 Å². The molecule has 0 heterocycles. The fourth-order valence-electron chi connectivity index (χ4n) is 2.16. The zero-order valence-corrected chi connectivity index (χ0v) is 18.6. The monoisotopic (exact) mass is 476 g/mol. The van der Waals surface area contributed by atoms with Crippen LogP contribution in [0.25, 0.3) is 0 Å². The Bertz CT molecular complexity index is 530. The molecule has 0 spiro atoms. The summed E-state index contributed by atoms with van der Waals surface area (Å²) in [5.41, 5.74) is 1.06. The zero-order valence-electron chi connectivity index (χ0n) is 16.3. The first kappa shape index (κ1) is 24.7. The second kappa shape index (κ2) is 13.8. The molecule has 0 aromatic heterocycles. The quantitative estimate of drug-likeness (QED) is 0.222. The van der Waals surface area contributed by atoms with E-state index in [-0.39, 0.29) is 42.0 Å². The van der Waals surface area contributed by atoms with Crippen molar-refractivity contribution in [2.75, 3.05) is 33.4 Å². The summed E-state index contributed by atoms with van der Waals surface area (Å²) in [5, 5.41) is 9.07. The van der Waals surface area contributed by atoms with Crippen molar-refractivity contribution in [3.63, 3.8) is 0 Å². The molecule has 1 amide bonds. The molecular formula is C19H33IN4O2. The summed E-state index contributed by atoms with van der Waals surface area (Å²) in [7, 11) is 1.69. The maximum Gasteiger partial charge on any atom is 0.239 e. The van der Waals surface area contributed by atoms with Crippen molar-refractivity contribution in [2.24, 2.45) is 4.99 Å². The number of ether oxygens (including phenoxy) is 1. The lowest BCUT2D eigenvalue weighted by Crippen LogP contribution is -2.48. The van der Waals surface area contributed by atoms with Gasteiger partial charge in [0.1, 0.15) is 0 Å². The maximum absolute atomic E-state index is 11.8. The summed E-state index contributed by atoms with van der Waals surface area (Å²) < 4.78 is 5.64. The van der Waals surface area contributed by atoms with E-state index in [1.807, 2.05) is 39.0 Å². The zero-order chi connectivity index (χ0) is 18.5. The van der Waals surface area contributed by atoms with Crippen molar-refractivity contribution in [1.82, 2.24) is 16.0 Å². The van der Waals surface area contributed by atoms with Crippen LogP contribution in [0, 0.1) is 0 Å². The number of carbonyl (C=O) groups excluding carboxylic acids is 1. The third-order valence-corrected chi connectivity index (χ3v) is 3.29. The summed E-state index contributed by atoms with van der Waals surface area (Å²) in [4.78, 5) is 15.9. The van der Waals surface area contributed by atoms with E-state index in [2.05, 4.69) is 33.1 Å². The molecule has 0 atom stereocenters. The summed E-state index contributed by atoms with van der Waals surface area (Å²) in [5.74, 6) is 0.563. The Morgan fingerprint density at radius 2 is 1.81 bits per heavy atom. The molecule has 0 aliphatic carbocycles. The van der Waals surface area contributed by atoms with Gasteiger partial charge in [-0.25, -0.2) is 0 Å². The summed E-state index contributed by atoms with van der Waals surface area (Å²) in [6.45, 7) is 8.23. The number of hydrogen-bond donors (Lipinski definition) is 3. The van der Waals surface area contributed by atoms with Crippen LogP contribution in [0.5, 0.6) is 0 Å². The molecule has 0 saturated carbocycles. The first-order valence-electron chi connectivity index (χ1n) is 8.78. The highest BCUT2D eigenvalue weighted by Crippen LogP contribution is 1.99. The minimum absolute atomic E-state index is 0. The number of rotatable bonds is 9. The van der Waals surface area contributed by atoms with Crippen LogP contribution in [-0.2, 0) is 16.0 Å². The number of nitrogens with zero attached hydrogens (tertiary/aromatic N) is 1. The Balaban J connectivity index is 0.00000625. The fourth-order valence-corrected chi connectivity index (χ4v) is 2.16. The van der Waals surface area contributed by atoms with Gasteiger partial charge in [-0.1, -0.05) is 30.3 Å². The molecule has 0 radical (unpaired) electrons. The molecule has 0 aliphatic heterocycles. The van der Waals surface area contributed by atoms with Crippen molar-refractivity contribution in [3.05, 3.63) is 35.9 Å². The van der Waals surface area contributed by atoms with Crippen LogP contribution in [0.4, 0.5) is 0 Å². The standard InChI is InChI=1S/C19H32N4O2.HI/c1-19(2,3)23-17(24)15-22-18(20-4)21-12-8-13-25-14-11-16-9-6-5-7-10-16;/h5-7,9-10H,8,11-15H2,1-4H3,(H,23,24)(H2,20,21,22);1H. The molecule has 0 aliphatic rings. The van der Waals surface area contributed by atoms with E-state index in [0.29, 0.717) is 12.6 Å². The second-order valence-electron chi connectivity index (χ2n) is 6.85. The number of halogens is 1. The molecule has 6 nitrogen and oxygen atoms in total. The van der Waals surface area contributed by atoms with Gasteiger partial charge in [-0.15, -0.1) is 24.0 Å². The first-order chi connectivity index (χ1) is 11.9. The Hall–Kier alpha value is -1.35. The number of hydrogen-bond acceptors (Lipinski definition) is 3. The molecular weight excluding hydrogens is 443 g/mol. The maximum atomic E-state index is 11.8. The lowest BCUT2D eigenvalue weighted by atomic mass is 10.1. The van der Waals surface area contributed by atoms with Gasteiger partial charge in [0.2, 0.25) is 5.91 Å². The normalized spacial score (nSPS) is 11.5. The van der Waals surface area contributed by atoms with Crippen LogP contribution in [0.2, 0.25) is 0 Å². The Kier molecular flexibility index (Phi) is 13.1. The molecule has 148 valence electrons. The first-order valence-corrected chi connectivity index (χ1v) is 8.78. The van der Waals surface area contributed by atoms with E-state index in [1.54, 1.807) is 7.05 Å². The SMILES string of the molecule is CN=C(NCCCOCCc1ccccc1)NCC(=O)NC(C)(C)C.I. The van der Waals surface area contributed by atoms with Gasteiger partial charge in [-0.3, -0.25) is 9.79 Å². The minimum Gasteiger partial charge on any atom is -0.381 e. The van der Waals surface area contributed by atoms with Crippen molar-refractivity contribution in [3.8, 4) is 0 Å². The Morgan fingerprint density at radius 3 is 2.42 bits per heavy atom. The predicted molar refractivity (Wildman–Crippen MR) is 118 cm³/mol. The number of carbonyl (C=O) groups is 1. The number of aliphatic imine (C=N–C) groups is 1. The average Bonchev–Trinajstić information content (AvgIpc) is 2.56. The van der Waals surface area contributed by atoms with E-state index in [1.165, 1.54) is 5.56 Å². The number of guanidine groups is 1. The Labute approximate surface area is 174 Å². The molecule has 26 heavy (non-hydrogen) atoms. The average molecular weight is 476 g/mol. The molecule has 1 rings (SSSR count). The number of benzene rings is 1. The molecule has 0 unspecified atom stereocenters. The van der Waals surface area contributed by atoms with Gasteiger partial charge in [0.25, 0.3) is 0 Å². The van der Waals surface area contributed by atoms with Crippen molar-refractivity contribution in [2.45, 2.75) is 39.2 Å². The molecule has 7 heteroatoms. The van der Waals surface area contributed by atoms with E-state index < -0.39 is 0 Å². The summed E-state index contributed by atoms with van der Waals surface area (Å²) in [6.07, 6.45) is 1.81. The highest BCUT2D eigenvalue weighted by molar-refractivity contribution is 14.0. The second-order valence-corrected chi connectivity index (χ2v) is 6.85. The van der Waals surface area contributed by atoms with Gasteiger partial charge in [-0.05, 0) is 39.2 Å². The van der Waals surface area contributed by atoms with Crippen LogP contribution in [0.3, 0.4) is 0 Å². The molecule has 1 aromatic rings. The highest BCUT2D eigenvalue weighted by atomic mass is 127. The van der Waals surface area contributed by atoms with Gasteiger partial charge in [-0.2, -0.15) is 0 Å². The molecule has 1 aromatic carbocycles. The van der Waals surface area contributed by atoms with Gasteiger partial charge in [0.05, 0.1) is 13.2 Å². The van der Waals surface area contributed by atoms with Crippen LogP contribution >= 0.6 is 24.0 Å². The van der Waals surface area contributed by atoms with Gasteiger partial charge in [0.15, 0.2) is 5.96 Å². The van der Waals surface area contributed by atoms with Crippen LogP contribution in [-0.4, -0.2) is 50.8 Å². The van der Waals surface area contributed by atoms with E-state index >= 15 is 0 Å². The molecule has 3 N–H and O–H groups in total. The van der Waals surface area contributed by atoms with E-state index in [9.17, 15) is 4.79 Å². The molecule has 0 bridgehead atoms. The number of amides is 1. The van der Waals surface area contributed by atoms with Gasteiger partial charge < -0.3 is 20.7 Å². The third kappa shape index (κ3) is 12.9. The van der Waals surface area contributed by atoms with E-state index in [0.717, 1.165) is 26.0 Å². The smallest absolute Gasteiger partial charge is 0.239 e. The Morgan fingerprint density at radius 1 is 1.12 bits per heavy atom. The summed E-state index contributed by atoms with van der Waals surface area (Å²) >= 11 is 0. The van der Waals surface area contributed by atoms with Crippen LogP contribution in [0.1, 0.15) is 32.8 Å². The number of nitrogens with one attached hydrogen (secondary N) is 3. The minimum atomic E-state index is -0.229. The molecule has 0 saturated heterocycles. The van der Waals surface area contributed by atoms with Crippen LogP contribution in [0.15, 0.2) is 35.3 Å². The predicted octanol–water partition coefficient (Wildman–Crippen LogP) is 2.33. The molecule has 0 fully saturated rings. The van der Waals surface area contributed by atoms with E-state index in [4.69, 9.17) is 4.74 Å².